The van der Waals surface area contributed by atoms with Crippen LogP contribution in [0.15, 0.2) is 78.9 Å². The van der Waals surface area contributed by atoms with Crippen molar-refractivity contribution in [2.24, 2.45) is 5.41 Å². The van der Waals surface area contributed by atoms with Crippen molar-refractivity contribution < 1.29 is 86.1 Å². The highest BCUT2D eigenvalue weighted by molar-refractivity contribution is 7.46. The fourth-order valence-electron chi connectivity index (χ4n) is 12.4. The third-order valence-corrected chi connectivity index (χ3v) is 18.2. The predicted octanol–water partition coefficient (Wildman–Crippen LogP) is 8.21. The number of anilines is 3. The zero-order chi connectivity index (χ0) is 67.5. The largest absolute Gasteiger partial charge is 0.524 e. The van der Waals surface area contributed by atoms with Gasteiger partial charge in [0.2, 0.25) is 23.6 Å². The average molecular weight is 1340 g/mol. The maximum absolute atomic E-state index is 14.4. The summed E-state index contributed by atoms with van der Waals surface area (Å²) in [5, 5.41) is 24.4. The average Bonchev–Trinajstić information content (AvgIpc) is 1.53. The second kappa shape index (κ2) is 30.9. The van der Waals surface area contributed by atoms with Crippen molar-refractivity contribution >= 4 is 101 Å². The Morgan fingerprint density at radius 2 is 1.49 bits per heavy atom. The number of ether oxygens (including phenoxy) is 4. The number of rotatable bonds is 29. The molecular weight excluding hydrogens is 1260 g/mol. The highest BCUT2D eigenvalue weighted by atomic mass is 35.5. The van der Waals surface area contributed by atoms with Crippen LogP contribution in [0.3, 0.4) is 0 Å². The molecule has 9 amide bonds. The predicted molar refractivity (Wildman–Crippen MR) is 346 cm³/mol. The molecule has 2 fully saturated rings. The normalized spacial score (nSPS) is 18.3. The van der Waals surface area contributed by atoms with Gasteiger partial charge in [0.1, 0.15) is 29.4 Å². The first-order valence-electron chi connectivity index (χ1n) is 31.9. The molecule has 4 heterocycles. The molecule has 1 unspecified atom stereocenters. The molecule has 94 heavy (non-hydrogen) atoms. The number of phosphoric ester groups is 1. The van der Waals surface area contributed by atoms with E-state index in [2.05, 4.69) is 21.3 Å². The Labute approximate surface area is 549 Å². The molecular formula is C66H82ClN8O18P. The van der Waals surface area contributed by atoms with Crippen LogP contribution in [0.4, 0.5) is 26.7 Å². The number of unbranched alkanes of at least 4 members (excludes halogenated alkanes) is 5. The van der Waals surface area contributed by atoms with Crippen molar-refractivity contribution in [3.8, 4) is 17.2 Å². The van der Waals surface area contributed by atoms with E-state index in [0.717, 1.165) is 15.4 Å². The molecule has 1 saturated heterocycles. The number of carbonyl (C=O) groups excluding carboxylic acids is 9. The third-order valence-electron chi connectivity index (χ3n) is 17.4. The SMILES string of the molecule is COc1cc2c(cc1OCCCCCC(=O)N1C[C@@H](CCl)c3c1cc(OP(=O)(O)O)c1ccccc31)N(C(=O)OCc1ccc(NC(=O)[C@H](CCCCNC(=O)OC(C)(C)C)NC(=O)C3(C(=O)NCCCCCN4C(=O)C=CC4=O)CCC3)cc1)C(O)[C@@H]1CCCN1C2=O. The van der Waals surface area contributed by atoms with Gasteiger partial charge in [-0.2, -0.15) is 0 Å². The highest BCUT2D eigenvalue weighted by Crippen LogP contribution is 2.50. The van der Waals surface area contributed by atoms with Crippen LogP contribution in [-0.4, -0.2) is 154 Å². The van der Waals surface area contributed by atoms with Gasteiger partial charge in [-0.1, -0.05) is 42.8 Å². The summed E-state index contributed by atoms with van der Waals surface area (Å²) in [4.78, 5) is 145. The zero-order valence-electron chi connectivity index (χ0n) is 53.2. The van der Waals surface area contributed by atoms with Crippen molar-refractivity contribution in [1.82, 2.24) is 25.8 Å². The van der Waals surface area contributed by atoms with Crippen LogP contribution in [0.25, 0.3) is 10.8 Å². The Balaban J connectivity index is 0.808. The van der Waals surface area contributed by atoms with E-state index in [1.54, 1.807) is 74.2 Å². The number of alkyl halides is 1. The second-order valence-electron chi connectivity index (χ2n) is 25.1. The number of hydrogen-bond acceptors (Lipinski definition) is 16. The number of carbonyl (C=O) groups is 9. The topological polar surface area (TPSA) is 339 Å². The van der Waals surface area contributed by atoms with Crippen LogP contribution < -0.4 is 45.1 Å². The molecule has 0 aromatic heterocycles. The van der Waals surface area contributed by atoms with Crippen molar-refractivity contribution in [1.29, 1.82) is 0 Å². The minimum Gasteiger partial charge on any atom is -0.493 e. The lowest BCUT2D eigenvalue weighted by Gasteiger charge is -2.39. The van der Waals surface area contributed by atoms with E-state index < -0.39 is 73.0 Å². The van der Waals surface area contributed by atoms with E-state index in [1.807, 2.05) is 0 Å². The van der Waals surface area contributed by atoms with Gasteiger partial charge in [0.25, 0.3) is 17.7 Å². The molecule has 9 rings (SSSR count). The summed E-state index contributed by atoms with van der Waals surface area (Å²) in [6.07, 6.45) is 5.82. The number of aliphatic hydroxyl groups excluding tert-OH is 1. The van der Waals surface area contributed by atoms with Crippen LogP contribution in [-0.2, 0) is 49.4 Å². The highest BCUT2D eigenvalue weighted by Gasteiger charge is 2.52. The molecule has 4 aliphatic heterocycles. The van der Waals surface area contributed by atoms with Crippen molar-refractivity contribution in [2.45, 2.75) is 154 Å². The number of imide groups is 1. The van der Waals surface area contributed by atoms with Crippen LogP contribution >= 0.6 is 19.4 Å². The number of hydrogen-bond donors (Lipinski definition) is 7. The Hall–Kier alpha value is -8.29. The summed E-state index contributed by atoms with van der Waals surface area (Å²) in [7, 11) is -3.53. The number of benzene rings is 4. The number of phosphoric acid groups is 1. The van der Waals surface area contributed by atoms with Gasteiger partial charge in [0.15, 0.2) is 17.7 Å². The molecule has 4 aromatic carbocycles. The van der Waals surface area contributed by atoms with Gasteiger partial charge in [-0.3, -0.25) is 48.2 Å². The Morgan fingerprint density at radius 1 is 0.798 bits per heavy atom. The molecule has 28 heteroatoms. The molecule has 26 nitrogen and oxygen atoms in total. The summed E-state index contributed by atoms with van der Waals surface area (Å²) < 4.78 is 40.1. The first-order valence-corrected chi connectivity index (χ1v) is 33.9. The number of nitrogens with one attached hydrogen (secondary N) is 4. The first-order chi connectivity index (χ1) is 44.9. The quantitative estimate of drug-likeness (QED) is 0.00885. The summed E-state index contributed by atoms with van der Waals surface area (Å²) in [5.41, 5.74) is 0.0975. The van der Waals surface area contributed by atoms with E-state index in [9.17, 15) is 62.6 Å². The lowest BCUT2D eigenvalue weighted by atomic mass is 9.67. The molecule has 7 N–H and O–H groups in total. The summed E-state index contributed by atoms with van der Waals surface area (Å²) >= 11 is 6.42. The molecule has 4 atom stereocenters. The number of nitrogens with zero attached hydrogens (tertiary/aromatic N) is 4. The van der Waals surface area contributed by atoms with Gasteiger partial charge >= 0.3 is 20.0 Å². The Bertz CT molecular complexity index is 3570. The van der Waals surface area contributed by atoms with Crippen LogP contribution in [0.5, 0.6) is 17.2 Å². The maximum Gasteiger partial charge on any atom is 0.524 e. The van der Waals surface area contributed by atoms with Gasteiger partial charge in [-0.15, -0.1) is 11.6 Å². The fraction of sp³-hybridized carbons (Fsp3) is 0.500. The summed E-state index contributed by atoms with van der Waals surface area (Å²) in [5.74, 6) is -2.68. The minimum absolute atomic E-state index is 0.0299. The summed E-state index contributed by atoms with van der Waals surface area (Å²) in [6.45, 7) is 6.44. The van der Waals surface area contributed by atoms with Gasteiger partial charge in [-0.05, 0) is 139 Å². The zero-order valence-corrected chi connectivity index (χ0v) is 54.8. The van der Waals surface area contributed by atoms with Crippen molar-refractivity contribution in [3.05, 3.63) is 95.6 Å². The lowest BCUT2D eigenvalue weighted by molar-refractivity contribution is -0.151. The number of aliphatic hydroxyl groups is 1. The number of alkyl carbamates (subject to hydrolysis) is 1. The standard InChI is InChI=1S/C66H82ClN8O18P/c1-65(2,3)92-63(84)69-31-12-10-19-47(71-62(83)66(28-16-29-66)61(82)68-30-11-6-13-32-73-55(77)26-27-56(73)78)58(79)70-43-24-22-41(23-25-43)40-91-64(85)75-49-36-53(52(89-4)35-46(49)59(80)72-33-15-20-48(72)60(75)81)90-34-14-5-7-21-54(76)74-39-42(38-67)57-45-18-9-8-17-44(45)51(37-50(57)74)93-94(86,87)88/h8-9,17-18,22-27,35-37,42,47-48,60,81H,5-7,10-16,19-21,28-34,38-40H2,1-4H3,(H,68,82)(H,69,84)(H,70,79)(H,71,83)(H2,86,87,88)/t42-,47+,48+,60?/m1/s1. The summed E-state index contributed by atoms with van der Waals surface area (Å²) in [6, 6.07) is 15.9. The molecule has 0 radical (unpaired) electrons. The van der Waals surface area contributed by atoms with Gasteiger partial charge < -0.3 is 59.6 Å². The molecule has 0 bridgehead atoms. The minimum atomic E-state index is -4.94. The monoisotopic (exact) mass is 1340 g/mol. The number of halogens is 1. The maximum atomic E-state index is 14.4. The van der Waals surface area contributed by atoms with Crippen molar-refractivity contribution in [3.63, 3.8) is 0 Å². The molecule has 506 valence electrons. The van der Waals surface area contributed by atoms with Gasteiger partial charge in [0, 0.05) is 86.3 Å². The number of methoxy groups -OCH3 is 1. The van der Waals surface area contributed by atoms with E-state index in [0.29, 0.717) is 105 Å². The lowest BCUT2D eigenvalue weighted by Crippen LogP contribution is -2.58. The van der Waals surface area contributed by atoms with E-state index >= 15 is 0 Å². The van der Waals surface area contributed by atoms with Gasteiger partial charge in [-0.25, -0.2) is 19.1 Å². The van der Waals surface area contributed by atoms with E-state index in [1.165, 1.54) is 42.4 Å². The molecule has 1 aliphatic carbocycles. The van der Waals surface area contributed by atoms with Crippen LogP contribution in [0, 0.1) is 5.41 Å². The molecule has 5 aliphatic rings. The van der Waals surface area contributed by atoms with E-state index in [-0.39, 0.29) is 123 Å². The van der Waals surface area contributed by atoms with Crippen molar-refractivity contribution in [2.75, 3.05) is 67.4 Å². The van der Waals surface area contributed by atoms with Crippen LogP contribution in [0.1, 0.15) is 144 Å². The smallest absolute Gasteiger partial charge is 0.493 e. The molecule has 0 spiro atoms. The number of amides is 9. The number of fused-ring (bicyclic) bond motifs is 5. The fourth-order valence-corrected chi connectivity index (χ4v) is 13.1. The third kappa shape index (κ3) is 16.8. The van der Waals surface area contributed by atoms with E-state index in [4.69, 9.17) is 35.1 Å². The molecule has 1 saturated carbocycles. The first kappa shape index (κ1) is 70.0. The van der Waals surface area contributed by atoms with Crippen LogP contribution in [0.2, 0.25) is 0 Å². The van der Waals surface area contributed by atoms with Gasteiger partial charge in [0.05, 0.1) is 36.7 Å². The molecule has 4 aromatic rings. The second-order valence-corrected chi connectivity index (χ2v) is 26.5. The Morgan fingerprint density at radius 3 is 2.17 bits per heavy atom. The Kier molecular flexibility index (Phi) is 23.0.